The van der Waals surface area contributed by atoms with Crippen LogP contribution in [-0.2, 0) is 36.9 Å². The zero-order valence-electron chi connectivity index (χ0n) is 32.8. The molecular formula is C20H44N10O32P6. The Morgan fingerprint density at radius 3 is 0.838 bits per heavy atom. The molecule has 2 aliphatic heterocycles. The first kappa shape index (κ1) is 67.1. The predicted octanol–water partition coefficient (Wildman–Crippen LogP) is -9.53. The lowest BCUT2D eigenvalue weighted by Gasteiger charge is -2.16. The molecular weight excluding hydrogens is 1080 g/mol. The number of imidazole rings is 2. The second-order valence-corrected chi connectivity index (χ2v) is 17.9. The van der Waals surface area contributed by atoms with Crippen LogP contribution in [0.2, 0.25) is 0 Å². The van der Waals surface area contributed by atoms with E-state index in [0.717, 1.165) is 0 Å². The Hall–Kier alpha value is -2.96. The Kier molecular flexibility index (Phi) is 27.8. The maximum absolute atomic E-state index is 9.95. The normalized spacial score (nSPS) is 22.6. The Morgan fingerprint density at radius 1 is 0.426 bits per heavy atom. The van der Waals surface area contributed by atoms with Crippen LogP contribution in [-0.4, -0.2) is 208 Å². The van der Waals surface area contributed by atoms with Gasteiger partial charge in [-0.1, -0.05) is 0 Å². The van der Waals surface area contributed by atoms with Crippen LogP contribution in [0.4, 0.5) is 11.6 Å². The van der Waals surface area contributed by atoms with Gasteiger partial charge in [-0.15, -0.1) is 0 Å². The number of fused-ring (bicyclic) bond motifs is 2. The van der Waals surface area contributed by atoms with Gasteiger partial charge < -0.3 is 140 Å². The van der Waals surface area contributed by atoms with Crippen molar-refractivity contribution in [2.75, 3.05) is 24.7 Å². The first-order chi connectivity index (χ1) is 30.3. The fraction of sp³-hybridized carbons (Fsp3) is 0.500. The highest BCUT2D eigenvalue weighted by atomic mass is 31.2. The number of hydrogen-bond donors (Lipinski definition) is 26. The minimum Gasteiger partial charge on any atom is -0.394 e. The van der Waals surface area contributed by atoms with E-state index in [9.17, 15) is 20.4 Å². The van der Waals surface area contributed by atoms with Crippen molar-refractivity contribution >= 4 is 80.9 Å². The second kappa shape index (κ2) is 28.2. The van der Waals surface area contributed by atoms with Gasteiger partial charge in [0.2, 0.25) is 0 Å². The first-order valence-corrected chi connectivity index (χ1v) is 25.5. The highest BCUT2D eigenvalue weighted by molar-refractivity contribution is 7.46. The molecule has 0 saturated carbocycles. The largest absolute Gasteiger partial charge is 0.466 e. The molecule has 0 aromatic carbocycles. The van der Waals surface area contributed by atoms with Crippen molar-refractivity contribution < 1.29 is 156 Å². The van der Waals surface area contributed by atoms with Crippen molar-refractivity contribution in [1.29, 1.82) is 0 Å². The average molecular weight is 1120 g/mol. The third kappa shape index (κ3) is 32.0. The number of rotatable bonds is 4. The average Bonchev–Trinajstić information content (AvgIpc) is 3.86. The molecule has 4 aromatic rings. The van der Waals surface area contributed by atoms with Crippen LogP contribution in [0.15, 0.2) is 25.3 Å². The highest BCUT2D eigenvalue weighted by Gasteiger charge is 2.45. The summed E-state index contributed by atoms with van der Waals surface area (Å²) in [7, 11) is -27.8. The molecule has 0 amide bonds. The third-order valence-corrected chi connectivity index (χ3v) is 6.36. The Bertz CT molecular complexity index is 2120. The quantitative estimate of drug-likeness (QED) is 0.0844. The zero-order valence-corrected chi connectivity index (χ0v) is 38.1. The molecule has 2 aliphatic rings. The van der Waals surface area contributed by atoms with Crippen molar-refractivity contribution in [3.8, 4) is 0 Å². The molecule has 0 unspecified atom stereocenters. The lowest BCUT2D eigenvalue weighted by atomic mass is 10.1. The van der Waals surface area contributed by atoms with Crippen molar-refractivity contribution in [2.24, 2.45) is 0 Å². The summed E-state index contributed by atoms with van der Waals surface area (Å²) in [4.78, 5) is 153. The molecule has 0 radical (unpaired) electrons. The maximum Gasteiger partial charge on any atom is 0.466 e. The van der Waals surface area contributed by atoms with Crippen LogP contribution in [0.3, 0.4) is 0 Å². The van der Waals surface area contributed by atoms with E-state index in [4.69, 9.17) is 147 Å². The highest BCUT2D eigenvalue weighted by Crippen LogP contribution is 2.34. The summed E-state index contributed by atoms with van der Waals surface area (Å²) in [6, 6.07) is 0. The van der Waals surface area contributed by atoms with Gasteiger partial charge >= 0.3 is 46.9 Å². The topological polar surface area (TPSA) is 746 Å². The number of aromatic nitrogens is 8. The molecule has 28 N–H and O–H groups in total. The van der Waals surface area contributed by atoms with Crippen LogP contribution in [0.5, 0.6) is 0 Å². The molecule has 396 valence electrons. The summed E-state index contributed by atoms with van der Waals surface area (Å²) in [5.41, 5.74) is 12.9. The summed E-state index contributed by atoms with van der Waals surface area (Å²) in [6.07, 6.45) is -2.85. The van der Waals surface area contributed by atoms with E-state index in [1.165, 1.54) is 34.4 Å². The lowest BCUT2D eigenvalue weighted by molar-refractivity contribution is -0.0511. The number of ether oxygens (including phenoxy) is 2. The zero-order chi connectivity index (χ0) is 54.1. The van der Waals surface area contributed by atoms with E-state index >= 15 is 0 Å². The molecule has 2 saturated heterocycles. The monoisotopic (exact) mass is 1120 g/mol. The van der Waals surface area contributed by atoms with Gasteiger partial charge in [0.15, 0.2) is 35.4 Å². The van der Waals surface area contributed by atoms with Crippen molar-refractivity contribution in [3.63, 3.8) is 0 Å². The van der Waals surface area contributed by atoms with E-state index < -0.39 is 109 Å². The molecule has 48 heteroatoms. The second-order valence-electron chi connectivity index (χ2n) is 11.7. The molecule has 0 bridgehead atoms. The number of hydrogen-bond acceptors (Lipinski definition) is 22. The number of anilines is 2. The summed E-state index contributed by atoms with van der Waals surface area (Å²) in [5.74, 6) is 0.436. The standard InChI is InChI=1S/2C10H13N5O4.6H3O4P/c2*11-8-5-9(13-2-12-8)15(3-14-5)10-7(18)6(17)4(1-16)19-10;6*1-5(2,3)4/h2*2-4,6-7,10,16-18H,1H2,(H2,11,12,13);6*(H3,1,2,3,4)/t2*4-,6-,7-,10-;;;;;;/m11....../s1. The van der Waals surface area contributed by atoms with Gasteiger partial charge in [-0.05, 0) is 0 Å². The molecule has 42 nitrogen and oxygen atoms in total. The molecule has 68 heavy (non-hydrogen) atoms. The van der Waals surface area contributed by atoms with Crippen LogP contribution < -0.4 is 11.5 Å². The number of nitrogens with zero attached hydrogens (tertiary/aromatic N) is 8. The van der Waals surface area contributed by atoms with Gasteiger partial charge in [0.25, 0.3) is 0 Å². The summed E-state index contributed by atoms with van der Waals surface area (Å²) in [6.45, 7) is -0.781. The van der Waals surface area contributed by atoms with Crippen molar-refractivity contribution in [2.45, 2.75) is 49.1 Å². The molecule has 0 spiro atoms. The first-order valence-electron chi connectivity index (χ1n) is 16.1. The van der Waals surface area contributed by atoms with Gasteiger partial charge in [0.1, 0.15) is 60.3 Å². The van der Waals surface area contributed by atoms with Gasteiger partial charge in [0.05, 0.1) is 25.9 Å². The Balaban J connectivity index is 0. The summed E-state index contributed by atoms with van der Waals surface area (Å²) >= 11 is 0. The van der Waals surface area contributed by atoms with Gasteiger partial charge in [0, 0.05) is 0 Å². The predicted molar refractivity (Wildman–Crippen MR) is 211 cm³/mol. The number of nitrogens with two attached hydrogens (primary N) is 2. The minimum atomic E-state index is -4.64. The van der Waals surface area contributed by atoms with Crippen LogP contribution in [0, 0.1) is 0 Å². The maximum atomic E-state index is 9.95. The molecule has 4 aromatic heterocycles. The van der Waals surface area contributed by atoms with E-state index in [2.05, 4.69) is 29.9 Å². The van der Waals surface area contributed by atoms with Gasteiger partial charge in [-0.25, -0.2) is 57.3 Å². The Labute approximate surface area is 374 Å². The van der Waals surface area contributed by atoms with Crippen LogP contribution >= 0.6 is 46.9 Å². The van der Waals surface area contributed by atoms with Crippen LogP contribution in [0.1, 0.15) is 12.5 Å². The summed E-state index contributed by atoms with van der Waals surface area (Å²) < 4.78 is 67.0. The number of aliphatic hydroxyl groups is 6. The molecule has 6 rings (SSSR count). The van der Waals surface area contributed by atoms with E-state index in [1.807, 2.05) is 0 Å². The fourth-order valence-electron chi connectivity index (χ4n) is 4.33. The number of aliphatic hydroxyl groups excluding tert-OH is 6. The lowest BCUT2D eigenvalue weighted by Crippen LogP contribution is -2.33. The summed E-state index contributed by atoms with van der Waals surface area (Å²) in [5, 5.41) is 57.5. The SMILES string of the molecule is Nc1ncnc2c1ncn2[C@@H]1O[C@H](CO)[C@@H](O)[C@H]1O.Nc1ncnc2c1ncn2[C@@H]1O[C@H](CO)[C@@H](O)[C@H]1O.O=P(O)(O)O.O=P(O)(O)O.O=P(O)(O)O.O=P(O)(O)O.O=P(O)(O)O.O=P(O)(O)O. The fourth-order valence-corrected chi connectivity index (χ4v) is 4.33. The van der Waals surface area contributed by atoms with Gasteiger partial charge in [-0.2, -0.15) is 0 Å². The van der Waals surface area contributed by atoms with Crippen molar-refractivity contribution in [3.05, 3.63) is 25.3 Å². The molecule has 2 fully saturated rings. The number of phosphoric acid groups is 6. The molecule has 8 atom stereocenters. The van der Waals surface area contributed by atoms with E-state index in [0.29, 0.717) is 22.3 Å². The number of nitrogen functional groups attached to an aromatic ring is 2. The molecule has 0 aliphatic carbocycles. The van der Waals surface area contributed by atoms with E-state index in [1.54, 1.807) is 0 Å². The Morgan fingerprint density at radius 2 is 0.647 bits per heavy atom. The van der Waals surface area contributed by atoms with Crippen LogP contribution in [0.25, 0.3) is 22.3 Å². The molecule has 6 heterocycles. The van der Waals surface area contributed by atoms with Crippen molar-refractivity contribution in [1.82, 2.24) is 39.0 Å². The third-order valence-electron chi connectivity index (χ3n) is 6.36. The smallest absolute Gasteiger partial charge is 0.394 e. The minimum absolute atomic E-state index is 0.218. The van der Waals surface area contributed by atoms with Gasteiger partial charge in [-0.3, -0.25) is 9.13 Å². The van der Waals surface area contributed by atoms with E-state index in [-0.39, 0.29) is 11.6 Å².